The van der Waals surface area contributed by atoms with Crippen LogP contribution in [0.1, 0.15) is 78.6 Å². The third kappa shape index (κ3) is 8.12. The van der Waals surface area contributed by atoms with Gasteiger partial charge < -0.3 is 5.11 Å². The summed E-state index contributed by atoms with van der Waals surface area (Å²) < 4.78 is 0. The van der Waals surface area contributed by atoms with Gasteiger partial charge in [0.15, 0.2) is 0 Å². The zero-order valence-electron chi connectivity index (χ0n) is 11.5. The summed E-state index contributed by atoms with van der Waals surface area (Å²) >= 11 is 0. The van der Waals surface area contributed by atoms with Crippen molar-refractivity contribution < 1.29 is 5.11 Å². The second kappa shape index (κ2) is 10.1. The van der Waals surface area contributed by atoms with E-state index in [0.29, 0.717) is 0 Å². The van der Waals surface area contributed by atoms with Gasteiger partial charge in [0.25, 0.3) is 0 Å². The minimum Gasteiger partial charge on any atom is -0.376 e. The van der Waals surface area contributed by atoms with Crippen LogP contribution in [0.25, 0.3) is 0 Å². The van der Waals surface area contributed by atoms with Gasteiger partial charge in [-0.3, -0.25) is 5.32 Å². The van der Waals surface area contributed by atoms with Gasteiger partial charge in [0.2, 0.25) is 0 Å². The Kier molecular flexibility index (Phi) is 10.0. The van der Waals surface area contributed by atoms with Crippen molar-refractivity contribution in [1.82, 2.24) is 5.32 Å². The molecule has 0 aliphatic carbocycles. The Bertz CT molecular complexity index is 142. The van der Waals surface area contributed by atoms with E-state index in [1.54, 1.807) is 0 Å². The highest BCUT2D eigenvalue weighted by Crippen LogP contribution is 2.18. The second-order valence-corrected chi connectivity index (χ2v) is 4.83. The SMILES string of the molecule is CCCCCCCCC(O)(CCC)NCC. The third-order valence-electron chi connectivity index (χ3n) is 3.11. The molecule has 0 rings (SSSR count). The lowest BCUT2D eigenvalue weighted by Gasteiger charge is -2.28. The van der Waals surface area contributed by atoms with E-state index in [2.05, 4.69) is 26.1 Å². The van der Waals surface area contributed by atoms with Crippen molar-refractivity contribution in [2.75, 3.05) is 6.54 Å². The first-order chi connectivity index (χ1) is 7.68. The standard InChI is InChI=1S/C14H31NO/c1-4-7-8-9-10-11-13-14(16,12-5-2)15-6-3/h15-16H,4-13H2,1-3H3. The molecule has 0 amide bonds. The van der Waals surface area contributed by atoms with Crippen molar-refractivity contribution in [3.8, 4) is 0 Å². The van der Waals surface area contributed by atoms with Crippen LogP contribution in [0.5, 0.6) is 0 Å². The van der Waals surface area contributed by atoms with Gasteiger partial charge in [0, 0.05) is 0 Å². The van der Waals surface area contributed by atoms with Gasteiger partial charge >= 0.3 is 0 Å². The average molecular weight is 229 g/mol. The van der Waals surface area contributed by atoms with E-state index in [-0.39, 0.29) is 0 Å². The summed E-state index contributed by atoms with van der Waals surface area (Å²) in [6, 6.07) is 0. The quantitative estimate of drug-likeness (QED) is 0.417. The maximum Gasteiger partial charge on any atom is 0.116 e. The molecular formula is C14H31NO. The van der Waals surface area contributed by atoms with Gasteiger partial charge in [-0.2, -0.15) is 0 Å². The van der Waals surface area contributed by atoms with Crippen LogP contribution >= 0.6 is 0 Å². The minimum atomic E-state index is -0.603. The van der Waals surface area contributed by atoms with Crippen LogP contribution in [0.15, 0.2) is 0 Å². The Labute approximate surface area is 102 Å². The molecule has 0 fully saturated rings. The zero-order chi connectivity index (χ0) is 12.3. The van der Waals surface area contributed by atoms with Crippen molar-refractivity contribution in [2.45, 2.75) is 84.3 Å². The fourth-order valence-corrected chi connectivity index (χ4v) is 2.24. The van der Waals surface area contributed by atoms with Crippen molar-refractivity contribution in [3.05, 3.63) is 0 Å². The first kappa shape index (κ1) is 15.9. The summed E-state index contributed by atoms with van der Waals surface area (Å²) in [6.45, 7) is 7.28. The van der Waals surface area contributed by atoms with E-state index in [4.69, 9.17) is 0 Å². The van der Waals surface area contributed by atoms with Crippen LogP contribution < -0.4 is 5.32 Å². The number of nitrogens with one attached hydrogen (secondary N) is 1. The van der Waals surface area contributed by atoms with Gasteiger partial charge in [0.1, 0.15) is 5.72 Å². The maximum atomic E-state index is 10.3. The van der Waals surface area contributed by atoms with E-state index in [1.807, 2.05) is 0 Å². The summed E-state index contributed by atoms with van der Waals surface area (Å²) in [5.41, 5.74) is -0.603. The molecule has 98 valence electrons. The van der Waals surface area contributed by atoms with Gasteiger partial charge in [-0.1, -0.05) is 59.3 Å². The Morgan fingerprint density at radius 2 is 1.44 bits per heavy atom. The molecule has 0 saturated heterocycles. The van der Waals surface area contributed by atoms with Crippen molar-refractivity contribution in [2.24, 2.45) is 0 Å². The zero-order valence-corrected chi connectivity index (χ0v) is 11.5. The predicted octanol–water partition coefficient (Wildman–Crippen LogP) is 3.84. The van der Waals surface area contributed by atoms with Gasteiger partial charge in [-0.15, -0.1) is 0 Å². The Morgan fingerprint density at radius 3 is 2.00 bits per heavy atom. The van der Waals surface area contributed by atoms with Crippen LogP contribution in [0.3, 0.4) is 0 Å². The van der Waals surface area contributed by atoms with Crippen molar-refractivity contribution >= 4 is 0 Å². The molecule has 0 spiro atoms. The fourth-order valence-electron chi connectivity index (χ4n) is 2.24. The molecule has 0 aliphatic rings. The molecule has 0 heterocycles. The Hall–Kier alpha value is -0.0800. The van der Waals surface area contributed by atoms with Crippen LogP contribution in [-0.4, -0.2) is 17.4 Å². The van der Waals surface area contributed by atoms with Crippen LogP contribution in [0.2, 0.25) is 0 Å². The Morgan fingerprint density at radius 1 is 0.812 bits per heavy atom. The molecular weight excluding hydrogens is 198 g/mol. The van der Waals surface area contributed by atoms with Gasteiger partial charge in [-0.05, 0) is 25.8 Å². The molecule has 0 radical (unpaired) electrons. The fraction of sp³-hybridized carbons (Fsp3) is 1.00. The lowest BCUT2D eigenvalue weighted by atomic mass is 9.99. The lowest BCUT2D eigenvalue weighted by molar-refractivity contribution is -0.0122. The van der Waals surface area contributed by atoms with E-state index < -0.39 is 5.72 Å². The summed E-state index contributed by atoms with van der Waals surface area (Å²) in [7, 11) is 0. The molecule has 2 nitrogen and oxygen atoms in total. The van der Waals surface area contributed by atoms with Crippen LogP contribution in [0, 0.1) is 0 Å². The number of hydrogen-bond acceptors (Lipinski definition) is 2. The molecule has 0 bridgehead atoms. The summed E-state index contributed by atoms with van der Waals surface area (Å²) in [5.74, 6) is 0. The van der Waals surface area contributed by atoms with Crippen molar-refractivity contribution in [3.63, 3.8) is 0 Å². The third-order valence-corrected chi connectivity index (χ3v) is 3.11. The first-order valence-corrected chi connectivity index (χ1v) is 7.16. The summed E-state index contributed by atoms with van der Waals surface area (Å²) in [6.07, 6.45) is 10.6. The number of unbranched alkanes of at least 4 members (excludes halogenated alkanes) is 5. The van der Waals surface area contributed by atoms with E-state index >= 15 is 0 Å². The molecule has 0 aromatic heterocycles. The van der Waals surface area contributed by atoms with Gasteiger partial charge in [0.05, 0.1) is 0 Å². The Balaban J connectivity index is 3.59. The second-order valence-electron chi connectivity index (χ2n) is 4.83. The number of hydrogen-bond donors (Lipinski definition) is 2. The number of aliphatic hydroxyl groups is 1. The number of rotatable bonds is 11. The topological polar surface area (TPSA) is 32.3 Å². The first-order valence-electron chi connectivity index (χ1n) is 7.16. The average Bonchev–Trinajstić information content (AvgIpc) is 2.24. The molecule has 0 saturated carbocycles. The molecule has 1 atom stereocenters. The maximum absolute atomic E-state index is 10.3. The van der Waals surface area contributed by atoms with Crippen molar-refractivity contribution in [1.29, 1.82) is 0 Å². The highest BCUT2D eigenvalue weighted by Gasteiger charge is 2.23. The highest BCUT2D eigenvalue weighted by molar-refractivity contribution is 4.74. The lowest BCUT2D eigenvalue weighted by Crippen LogP contribution is -2.44. The van der Waals surface area contributed by atoms with Crippen LogP contribution in [-0.2, 0) is 0 Å². The van der Waals surface area contributed by atoms with E-state index in [9.17, 15) is 5.11 Å². The predicted molar refractivity (Wildman–Crippen MR) is 71.5 cm³/mol. The van der Waals surface area contributed by atoms with E-state index in [1.165, 1.54) is 32.1 Å². The monoisotopic (exact) mass is 229 g/mol. The molecule has 16 heavy (non-hydrogen) atoms. The van der Waals surface area contributed by atoms with Gasteiger partial charge in [-0.25, -0.2) is 0 Å². The molecule has 2 heteroatoms. The minimum absolute atomic E-state index is 0.603. The van der Waals surface area contributed by atoms with E-state index in [0.717, 1.165) is 32.2 Å². The smallest absolute Gasteiger partial charge is 0.116 e. The highest BCUT2D eigenvalue weighted by atomic mass is 16.3. The molecule has 0 aromatic carbocycles. The molecule has 1 unspecified atom stereocenters. The normalized spacial score (nSPS) is 15.0. The molecule has 0 aromatic rings. The summed E-state index contributed by atoms with van der Waals surface area (Å²) in [4.78, 5) is 0. The largest absolute Gasteiger partial charge is 0.376 e. The summed E-state index contributed by atoms with van der Waals surface area (Å²) in [5, 5.41) is 13.5. The van der Waals surface area contributed by atoms with Crippen LogP contribution in [0.4, 0.5) is 0 Å². The molecule has 2 N–H and O–H groups in total. The molecule has 0 aliphatic heterocycles.